The first-order valence-electron chi connectivity index (χ1n) is 6.86. The van der Waals surface area contributed by atoms with Crippen LogP contribution in [0.3, 0.4) is 0 Å². The molecule has 1 aromatic carbocycles. The number of piperidine rings is 1. The molecule has 1 unspecified atom stereocenters. The van der Waals surface area contributed by atoms with Crippen LogP contribution in [0, 0.1) is 16.0 Å². The largest absolute Gasteiger partial charge is 0.496 e. The van der Waals surface area contributed by atoms with E-state index in [-0.39, 0.29) is 16.7 Å². The summed E-state index contributed by atoms with van der Waals surface area (Å²) in [5.41, 5.74) is 6.69. The fourth-order valence-electron chi connectivity index (χ4n) is 2.71. The summed E-state index contributed by atoms with van der Waals surface area (Å²) < 4.78 is 5.06. The SMILES string of the molecule is COc1ccc(N2CCC(C(C)N)CC2)c([N+](=O)[O-])c1. The molecule has 1 heterocycles. The number of nitrogens with two attached hydrogens (primary N) is 1. The standard InChI is InChI=1S/C14H21N3O3/c1-10(15)11-5-7-16(8-6-11)13-4-3-12(20-2)9-14(13)17(18)19/h3-4,9-11H,5-8,15H2,1-2H3. The van der Waals surface area contributed by atoms with Gasteiger partial charge in [0.2, 0.25) is 0 Å². The molecule has 1 atom stereocenters. The Kier molecular flexibility index (Phi) is 4.44. The van der Waals surface area contributed by atoms with Gasteiger partial charge >= 0.3 is 0 Å². The van der Waals surface area contributed by atoms with Crippen LogP contribution in [0.1, 0.15) is 19.8 Å². The Hall–Kier alpha value is -1.82. The zero-order valence-corrected chi connectivity index (χ0v) is 11.9. The van der Waals surface area contributed by atoms with Crippen LogP contribution in [0.5, 0.6) is 5.75 Å². The average Bonchev–Trinajstić information content (AvgIpc) is 2.46. The lowest BCUT2D eigenvalue weighted by molar-refractivity contribution is -0.384. The summed E-state index contributed by atoms with van der Waals surface area (Å²) in [6, 6.07) is 5.19. The van der Waals surface area contributed by atoms with Crippen molar-refractivity contribution in [3.8, 4) is 5.75 Å². The molecule has 110 valence electrons. The molecular weight excluding hydrogens is 258 g/mol. The number of nitrogens with zero attached hydrogens (tertiary/aromatic N) is 2. The number of nitro benzene ring substituents is 1. The molecule has 2 rings (SSSR count). The first-order chi connectivity index (χ1) is 9.52. The maximum Gasteiger partial charge on any atom is 0.296 e. The van der Waals surface area contributed by atoms with Crippen LogP contribution >= 0.6 is 0 Å². The monoisotopic (exact) mass is 279 g/mol. The second-order valence-corrected chi connectivity index (χ2v) is 5.30. The van der Waals surface area contributed by atoms with E-state index in [1.165, 1.54) is 13.2 Å². The number of benzene rings is 1. The Morgan fingerprint density at radius 2 is 2.10 bits per heavy atom. The lowest BCUT2D eigenvalue weighted by atomic mass is 9.90. The molecule has 0 saturated carbocycles. The van der Waals surface area contributed by atoms with Gasteiger partial charge in [0.25, 0.3) is 5.69 Å². The lowest BCUT2D eigenvalue weighted by Gasteiger charge is -2.34. The molecule has 1 aromatic rings. The molecule has 0 bridgehead atoms. The first kappa shape index (κ1) is 14.6. The van der Waals surface area contributed by atoms with Crippen LogP contribution in [0.2, 0.25) is 0 Å². The number of methoxy groups -OCH3 is 1. The summed E-state index contributed by atoms with van der Waals surface area (Å²) in [6.45, 7) is 3.63. The van der Waals surface area contributed by atoms with Crippen molar-refractivity contribution < 1.29 is 9.66 Å². The third-order valence-electron chi connectivity index (χ3n) is 4.00. The number of ether oxygens (including phenoxy) is 1. The minimum absolute atomic E-state index is 0.101. The topological polar surface area (TPSA) is 81.6 Å². The molecule has 0 aliphatic carbocycles. The van der Waals surface area contributed by atoms with Gasteiger partial charge in [0.15, 0.2) is 0 Å². The highest BCUT2D eigenvalue weighted by atomic mass is 16.6. The second-order valence-electron chi connectivity index (χ2n) is 5.30. The highest BCUT2D eigenvalue weighted by molar-refractivity contribution is 5.65. The van der Waals surface area contributed by atoms with Crippen LogP contribution in [0.4, 0.5) is 11.4 Å². The van der Waals surface area contributed by atoms with Crippen molar-refractivity contribution in [1.82, 2.24) is 0 Å². The Morgan fingerprint density at radius 1 is 1.45 bits per heavy atom. The van der Waals surface area contributed by atoms with E-state index >= 15 is 0 Å². The fraction of sp³-hybridized carbons (Fsp3) is 0.571. The van der Waals surface area contributed by atoms with Crippen molar-refractivity contribution in [2.24, 2.45) is 11.7 Å². The van der Waals surface area contributed by atoms with Crippen LogP contribution in [-0.2, 0) is 0 Å². The molecule has 6 nitrogen and oxygen atoms in total. The van der Waals surface area contributed by atoms with E-state index < -0.39 is 0 Å². The average molecular weight is 279 g/mol. The van der Waals surface area contributed by atoms with Gasteiger partial charge in [0, 0.05) is 19.1 Å². The van der Waals surface area contributed by atoms with Crippen molar-refractivity contribution in [1.29, 1.82) is 0 Å². The Bertz CT molecular complexity index is 483. The Morgan fingerprint density at radius 3 is 2.60 bits per heavy atom. The molecule has 0 amide bonds. The summed E-state index contributed by atoms with van der Waals surface area (Å²) in [5.74, 6) is 1.01. The third kappa shape index (κ3) is 3.01. The molecule has 1 aliphatic rings. The normalized spacial score (nSPS) is 17.9. The van der Waals surface area contributed by atoms with Gasteiger partial charge in [-0.1, -0.05) is 0 Å². The summed E-state index contributed by atoms with van der Waals surface area (Å²) in [4.78, 5) is 12.9. The first-order valence-corrected chi connectivity index (χ1v) is 6.86. The predicted octanol–water partition coefficient (Wildman–Crippen LogP) is 2.17. The summed E-state index contributed by atoms with van der Waals surface area (Å²) in [7, 11) is 1.51. The fourth-order valence-corrected chi connectivity index (χ4v) is 2.71. The second kappa shape index (κ2) is 6.09. The molecule has 1 fully saturated rings. The van der Waals surface area contributed by atoms with Crippen molar-refractivity contribution in [3.05, 3.63) is 28.3 Å². The molecule has 0 aromatic heterocycles. The number of hydrogen-bond acceptors (Lipinski definition) is 5. The molecule has 1 aliphatic heterocycles. The number of hydrogen-bond donors (Lipinski definition) is 1. The molecule has 0 spiro atoms. The molecule has 0 radical (unpaired) electrons. The van der Waals surface area contributed by atoms with Crippen molar-refractivity contribution in [2.45, 2.75) is 25.8 Å². The van der Waals surface area contributed by atoms with Crippen LogP contribution in [-0.4, -0.2) is 31.2 Å². The highest BCUT2D eigenvalue weighted by Crippen LogP contribution is 2.34. The van der Waals surface area contributed by atoms with E-state index in [4.69, 9.17) is 10.5 Å². The molecule has 6 heteroatoms. The minimum Gasteiger partial charge on any atom is -0.496 e. The van der Waals surface area contributed by atoms with Crippen LogP contribution in [0.15, 0.2) is 18.2 Å². The van der Waals surface area contributed by atoms with E-state index in [0.29, 0.717) is 17.4 Å². The molecule has 2 N–H and O–H groups in total. The van der Waals surface area contributed by atoms with Gasteiger partial charge in [0.05, 0.1) is 18.1 Å². The lowest BCUT2D eigenvalue weighted by Crippen LogP contribution is -2.39. The molecule has 1 saturated heterocycles. The minimum atomic E-state index is -0.352. The predicted molar refractivity (Wildman–Crippen MR) is 78.2 cm³/mol. The van der Waals surface area contributed by atoms with Crippen molar-refractivity contribution in [3.63, 3.8) is 0 Å². The third-order valence-corrected chi connectivity index (χ3v) is 4.00. The zero-order valence-electron chi connectivity index (χ0n) is 11.9. The summed E-state index contributed by atoms with van der Waals surface area (Å²) in [6.07, 6.45) is 1.95. The Labute approximate surface area is 118 Å². The van der Waals surface area contributed by atoms with Gasteiger partial charge < -0.3 is 15.4 Å². The number of rotatable bonds is 4. The maximum atomic E-state index is 11.2. The van der Waals surface area contributed by atoms with Crippen molar-refractivity contribution in [2.75, 3.05) is 25.1 Å². The van der Waals surface area contributed by atoms with Gasteiger partial charge in [0.1, 0.15) is 11.4 Å². The quantitative estimate of drug-likeness (QED) is 0.674. The van der Waals surface area contributed by atoms with Gasteiger partial charge in [-0.2, -0.15) is 0 Å². The van der Waals surface area contributed by atoms with Gasteiger partial charge in [-0.25, -0.2) is 0 Å². The van der Waals surface area contributed by atoms with Crippen molar-refractivity contribution >= 4 is 11.4 Å². The number of anilines is 1. The van der Waals surface area contributed by atoms with E-state index in [1.54, 1.807) is 12.1 Å². The smallest absolute Gasteiger partial charge is 0.296 e. The van der Waals surface area contributed by atoms with E-state index in [9.17, 15) is 10.1 Å². The zero-order chi connectivity index (χ0) is 14.7. The molecule has 20 heavy (non-hydrogen) atoms. The van der Waals surface area contributed by atoms with Gasteiger partial charge in [-0.15, -0.1) is 0 Å². The van der Waals surface area contributed by atoms with Crippen LogP contribution < -0.4 is 15.4 Å². The number of nitro groups is 1. The maximum absolute atomic E-state index is 11.2. The summed E-state index contributed by atoms with van der Waals surface area (Å²) in [5, 5.41) is 11.2. The Balaban J connectivity index is 2.19. The van der Waals surface area contributed by atoms with E-state index in [2.05, 4.69) is 4.90 Å². The van der Waals surface area contributed by atoms with E-state index in [0.717, 1.165) is 25.9 Å². The van der Waals surface area contributed by atoms with Crippen LogP contribution in [0.25, 0.3) is 0 Å². The molecular formula is C14H21N3O3. The summed E-state index contributed by atoms with van der Waals surface area (Å²) >= 11 is 0. The van der Waals surface area contributed by atoms with Gasteiger partial charge in [-0.05, 0) is 37.8 Å². The van der Waals surface area contributed by atoms with Gasteiger partial charge in [-0.3, -0.25) is 10.1 Å². The van der Waals surface area contributed by atoms with E-state index in [1.807, 2.05) is 6.92 Å². The highest BCUT2D eigenvalue weighted by Gasteiger charge is 2.26.